The standard InChI is InChI=1S/C13H16N2O3S/c1-7-3-2-4-8-11(7)15-13(14-8)19-6-10-12(17)9(16)5-18-10/h2-4,9-10,12,16-17H,5-6H2,1H3,(H,14,15). The van der Waals surface area contributed by atoms with Gasteiger partial charge in [0.05, 0.1) is 23.7 Å². The first-order chi connectivity index (χ1) is 9.15. The van der Waals surface area contributed by atoms with Crippen LogP contribution in [0.1, 0.15) is 5.56 Å². The average Bonchev–Trinajstić information content (AvgIpc) is 2.94. The fourth-order valence-electron chi connectivity index (χ4n) is 2.20. The molecule has 6 heteroatoms. The van der Waals surface area contributed by atoms with Gasteiger partial charge in [0.15, 0.2) is 5.16 Å². The maximum absolute atomic E-state index is 9.70. The molecule has 0 aliphatic carbocycles. The number of thioether (sulfide) groups is 1. The molecule has 1 saturated heterocycles. The first-order valence-electron chi connectivity index (χ1n) is 6.21. The molecule has 1 aliphatic rings. The highest BCUT2D eigenvalue weighted by molar-refractivity contribution is 7.99. The number of para-hydroxylation sites is 1. The van der Waals surface area contributed by atoms with Crippen molar-refractivity contribution in [2.75, 3.05) is 12.4 Å². The van der Waals surface area contributed by atoms with Crippen molar-refractivity contribution in [3.8, 4) is 0 Å². The third-order valence-electron chi connectivity index (χ3n) is 3.33. The number of aryl methyl sites for hydroxylation is 1. The minimum Gasteiger partial charge on any atom is -0.388 e. The molecule has 1 fully saturated rings. The van der Waals surface area contributed by atoms with Crippen LogP contribution in [0.25, 0.3) is 11.0 Å². The van der Waals surface area contributed by atoms with Crippen LogP contribution >= 0.6 is 11.8 Å². The monoisotopic (exact) mass is 280 g/mol. The number of aliphatic hydroxyl groups excluding tert-OH is 2. The second-order valence-electron chi connectivity index (χ2n) is 4.75. The number of nitrogens with zero attached hydrogens (tertiary/aromatic N) is 1. The van der Waals surface area contributed by atoms with Crippen LogP contribution in [0.3, 0.4) is 0 Å². The van der Waals surface area contributed by atoms with E-state index in [4.69, 9.17) is 4.74 Å². The molecule has 102 valence electrons. The zero-order chi connectivity index (χ0) is 13.4. The Morgan fingerprint density at radius 2 is 2.32 bits per heavy atom. The van der Waals surface area contributed by atoms with Gasteiger partial charge in [-0.1, -0.05) is 23.9 Å². The third-order valence-corrected chi connectivity index (χ3v) is 4.30. The maximum Gasteiger partial charge on any atom is 0.166 e. The number of hydrogen-bond acceptors (Lipinski definition) is 5. The molecule has 1 aromatic heterocycles. The summed E-state index contributed by atoms with van der Waals surface area (Å²) in [7, 11) is 0. The van der Waals surface area contributed by atoms with Crippen molar-refractivity contribution in [1.82, 2.24) is 9.97 Å². The molecule has 1 aromatic carbocycles. The highest BCUT2D eigenvalue weighted by Gasteiger charge is 2.34. The SMILES string of the molecule is Cc1cccc2[nH]c(SCC3OCC(O)C3O)nc12. The molecular formula is C13H16N2O3S. The van der Waals surface area contributed by atoms with Gasteiger partial charge in [-0.15, -0.1) is 0 Å². The van der Waals surface area contributed by atoms with E-state index in [2.05, 4.69) is 9.97 Å². The number of imidazole rings is 1. The number of aromatic amines is 1. The maximum atomic E-state index is 9.70. The third kappa shape index (κ3) is 2.49. The van der Waals surface area contributed by atoms with Gasteiger partial charge in [-0.2, -0.15) is 0 Å². The van der Waals surface area contributed by atoms with E-state index in [1.807, 2.05) is 25.1 Å². The largest absolute Gasteiger partial charge is 0.388 e. The van der Waals surface area contributed by atoms with Gasteiger partial charge in [-0.25, -0.2) is 4.98 Å². The molecule has 3 rings (SSSR count). The molecule has 1 aliphatic heterocycles. The number of H-pyrrole nitrogens is 1. The Morgan fingerprint density at radius 3 is 3.00 bits per heavy atom. The molecule has 3 N–H and O–H groups in total. The number of benzene rings is 1. The fourth-order valence-corrected chi connectivity index (χ4v) is 3.15. The Kier molecular flexibility index (Phi) is 3.49. The summed E-state index contributed by atoms with van der Waals surface area (Å²) in [4.78, 5) is 7.76. The second kappa shape index (κ2) is 5.13. The number of hydrogen-bond donors (Lipinski definition) is 3. The van der Waals surface area contributed by atoms with Gasteiger partial charge in [-0.05, 0) is 18.6 Å². The highest BCUT2D eigenvalue weighted by atomic mass is 32.2. The van der Waals surface area contributed by atoms with Gasteiger partial charge >= 0.3 is 0 Å². The molecule has 2 aromatic rings. The lowest BCUT2D eigenvalue weighted by atomic mass is 10.2. The number of fused-ring (bicyclic) bond motifs is 1. The van der Waals surface area contributed by atoms with Gasteiger partial charge in [-0.3, -0.25) is 0 Å². The molecule has 5 nitrogen and oxygen atoms in total. The van der Waals surface area contributed by atoms with E-state index < -0.39 is 12.2 Å². The molecule has 19 heavy (non-hydrogen) atoms. The smallest absolute Gasteiger partial charge is 0.166 e. The van der Waals surface area contributed by atoms with Crippen LogP contribution in [0.2, 0.25) is 0 Å². The van der Waals surface area contributed by atoms with Gasteiger partial charge in [0.25, 0.3) is 0 Å². The van der Waals surface area contributed by atoms with Crippen molar-refractivity contribution in [2.24, 2.45) is 0 Å². The van der Waals surface area contributed by atoms with E-state index in [-0.39, 0.29) is 12.7 Å². The number of ether oxygens (including phenoxy) is 1. The number of nitrogens with one attached hydrogen (secondary N) is 1. The molecule has 3 unspecified atom stereocenters. The lowest BCUT2D eigenvalue weighted by Crippen LogP contribution is -2.31. The predicted molar refractivity (Wildman–Crippen MR) is 73.3 cm³/mol. The van der Waals surface area contributed by atoms with E-state index >= 15 is 0 Å². The topological polar surface area (TPSA) is 78.4 Å². The zero-order valence-electron chi connectivity index (χ0n) is 10.5. The van der Waals surface area contributed by atoms with Crippen LogP contribution in [-0.4, -0.2) is 50.9 Å². The van der Waals surface area contributed by atoms with Crippen molar-refractivity contribution in [2.45, 2.75) is 30.4 Å². The minimum absolute atomic E-state index is 0.200. The normalized spacial score (nSPS) is 27.2. The first kappa shape index (κ1) is 12.9. The molecule has 2 heterocycles. The highest BCUT2D eigenvalue weighted by Crippen LogP contribution is 2.25. The van der Waals surface area contributed by atoms with Crippen LogP contribution in [0.4, 0.5) is 0 Å². The average molecular weight is 280 g/mol. The van der Waals surface area contributed by atoms with Crippen LogP contribution in [0, 0.1) is 6.92 Å². The van der Waals surface area contributed by atoms with Gasteiger partial charge in [0, 0.05) is 5.75 Å². The molecule has 0 saturated carbocycles. The summed E-state index contributed by atoms with van der Waals surface area (Å²) in [5.74, 6) is 0.567. The van der Waals surface area contributed by atoms with Crippen molar-refractivity contribution in [3.05, 3.63) is 23.8 Å². The fraction of sp³-hybridized carbons (Fsp3) is 0.462. The molecule has 0 spiro atoms. The first-order valence-corrected chi connectivity index (χ1v) is 7.19. The quantitative estimate of drug-likeness (QED) is 0.733. The van der Waals surface area contributed by atoms with E-state index in [0.29, 0.717) is 5.75 Å². The van der Waals surface area contributed by atoms with Crippen molar-refractivity contribution in [1.29, 1.82) is 0 Å². The molecule has 0 bridgehead atoms. The summed E-state index contributed by atoms with van der Waals surface area (Å²) in [5, 5.41) is 19.9. The van der Waals surface area contributed by atoms with Crippen molar-refractivity contribution >= 4 is 22.8 Å². The Labute approximate surface area is 115 Å². The molecule has 0 amide bonds. The van der Waals surface area contributed by atoms with Crippen molar-refractivity contribution in [3.63, 3.8) is 0 Å². The van der Waals surface area contributed by atoms with E-state index in [0.717, 1.165) is 21.8 Å². The van der Waals surface area contributed by atoms with Gasteiger partial charge in [0.2, 0.25) is 0 Å². The Bertz CT molecular complexity index is 586. The Hall–Kier alpha value is -1.08. The minimum atomic E-state index is -0.807. The molecule has 0 radical (unpaired) electrons. The van der Waals surface area contributed by atoms with Crippen LogP contribution in [-0.2, 0) is 4.74 Å². The summed E-state index contributed by atoms with van der Waals surface area (Å²) in [5.41, 5.74) is 3.11. The van der Waals surface area contributed by atoms with Crippen molar-refractivity contribution < 1.29 is 14.9 Å². The summed E-state index contributed by atoms with van der Waals surface area (Å²) >= 11 is 1.50. The van der Waals surface area contributed by atoms with E-state index in [1.54, 1.807) is 0 Å². The van der Waals surface area contributed by atoms with Crippen LogP contribution < -0.4 is 0 Å². The summed E-state index contributed by atoms with van der Waals surface area (Å²) in [6, 6.07) is 6.01. The second-order valence-corrected chi connectivity index (χ2v) is 5.76. The summed E-state index contributed by atoms with van der Waals surface area (Å²) < 4.78 is 5.33. The van der Waals surface area contributed by atoms with Crippen LogP contribution in [0.15, 0.2) is 23.4 Å². The lowest BCUT2D eigenvalue weighted by molar-refractivity contribution is 0.0337. The Morgan fingerprint density at radius 1 is 1.47 bits per heavy atom. The van der Waals surface area contributed by atoms with E-state index in [1.165, 1.54) is 11.8 Å². The van der Waals surface area contributed by atoms with Crippen LogP contribution in [0.5, 0.6) is 0 Å². The number of aliphatic hydroxyl groups is 2. The van der Waals surface area contributed by atoms with Gasteiger partial charge < -0.3 is 19.9 Å². The zero-order valence-corrected chi connectivity index (χ0v) is 11.4. The summed E-state index contributed by atoms with van der Waals surface area (Å²) in [6.07, 6.45) is -1.92. The van der Waals surface area contributed by atoms with E-state index in [9.17, 15) is 10.2 Å². The molecular weight excluding hydrogens is 264 g/mol. The Balaban J connectivity index is 1.70. The summed E-state index contributed by atoms with van der Waals surface area (Å²) in [6.45, 7) is 2.23. The lowest BCUT2D eigenvalue weighted by Gasteiger charge is -2.13. The number of rotatable bonds is 3. The predicted octanol–water partition coefficient (Wildman–Crippen LogP) is 1.08. The van der Waals surface area contributed by atoms with Gasteiger partial charge in [0.1, 0.15) is 12.2 Å². The number of aromatic nitrogens is 2. The molecule has 3 atom stereocenters.